The SMILES string of the molecule is COCOc1c(Cc2ccccc2)cc(Cc2ccccc2)cc1Pc1ccccc1F. The van der Waals surface area contributed by atoms with Gasteiger partial charge in [0, 0.05) is 24.1 Å². The number of halogens is 1. The first-order valence-corrected chi connectivity index (χ1v) is 11.6. The minimum absolute atomic E-state index is 0.144. The maximum absolute atomic E-state index is 14.5. The fraction of sp³-hybridized carbons (Fsp3) is 0.143. The highest BCUT2D eigenvalue weighted by Crippen LogP contribution is 2.29. The second kappa shape index (κ2) is 11.0. The maximum atomic E-state index is 14.5. The highest BCUT2D eigenvalue weighted by molar-refractivity contribution is 7.55. The summed E-state index contributed by atoms with van der Waals surface area (Å²) < 4.78 is 25.8. The number of ether oxygens (including phenoxy) is 2. The summed E-state index contributed by atoms with van der Waals surface area (Å²) >= 11 is 0. The van der Waals surface area contributed by atoms with E-state index in [9.17, 15) is 4.39 Å². The summed E-state index contributed by atoms with van der Waals surface area (Å²) in [6.07, 6.45) is 1.54. The van der Waals surface area contributed by atoms with E-state index in [1.54, 1.807) is 13.2 Å². The van der Waals surface area contributed by atoms with Crippen LogP contribution in [0.15, 0.2) is 97.1 Å². The highest BCUT2D eigenvalue weighted by Gasteiger charge is 2.16. The van der Waals surface area contributed by atoms with E-state index in [1.807, 2.05) is 36.4 Å². The standard InChI is InChI=1S/C28H26FO2P/c1-30-20-31-28-24(17-22-12-6-3-7-13-22)18-23(16-21-10-4-2-5-11-21)19-27(28)32-26-15-9-8-14-25(26)29/h2-15,18-19,32H,16-17,20H2,1H3. The number of hydrogen-bond donors (Lipinski definition) is 0. The van der Waals surface area contributed by atoms with Crippen LogP contribution >= 0.6 is 8.58 Å². The summed E-state index contributed by atoms with van der Waals surface area (Å²) in [5.74, 6) is 0.593. The Morgan fingerprint density at radius 3 is 1.97 bits per heavy atom. The van der Waals surface area contributed by atoms with Crippen LogP contribution < -0.4 is 15.3 Å². The molecule has 0 bridgehead atoms. The zero-order valence-electron chi connectivity index (χ0n) is 18.1. The molecule has 0 radical (unpaired) electrons. The number of benzene rings is 4. The molecule has 0 saturated heterocycles. The lowest BCUT2D eigenvalue weighted by molar-refractivity contribution is 0.0513. The molecule has 2 nitrogen and oxygen atoms in total. The summed E-state index contributed by atoms with van der Waals surface area (Å²) in [5.41, 5.74) is 4.71. The molecule has 0 aliphatic carbocycles. The molecule has 1 atom stereocenters. The Bertz CT molecular complexity index is 1150. The molecule has 162 valence electrons. The van der Waals surface area contributed by atoms with Crippen molar-refractivity contribution < 1.29 is 13.9 Å². The van der Waals surface area contributed by atoms with Gasteiger partial charge in [-0.15, -0.1) is 0 Å². The van der Waals surface area contributed by atoms with Crippen LogP contribution in [0.4, 0.5) is 4.39 Å². The molecule has 0 amide bonds. The first-order chi connectivity index (χ1) is 15.7. The van der Waals surface area contributed by atoms with E-state index in [1.165, 1.54) is 22.8 Å². The van der Waals surface area contributed by atoms with Gasteiger partial charge in [0.1, 0.15) is 11.6 Å². The van der Waals surface area contributed by atoms with Crippen molar-refractivity contribution in [3.05, 3.63) is 125 Å². The molecule has 0 fully saturated rings. The summed E-state index contributed by atoms with van der Waals surface area (Å²) in [7, 11) is 1.75. The van der Waals surface area contributed by atoms with Crippen LogP contribution in [0.2, 0.25) is 0 Å². The summed E-state index contributed by atoms with van der Waals surface area (Å²) in [5, 5.41) is 1.67. The third kappa shape index (κ3) is 5.82. The topological polar surface area (TPSA) is 18.5 Å². The van der Waals surface area contributed by atoms with Crippen molar-refractivity contribution in [2.24, 2.45) is 0 Å². The van der Waals surface area contributed by atoms with Crippen LogP contribution in [0.5, 0.6) is 5.75 Å². The zero-order chi connectivity index (χ0) is 22.2. The van der Waals surface area contributed by atoms with Crippen molar-refractivity contribution in [2.45, 2.75) is 12.8 Å². The molecule has 0 aliphatic rings. The number of methoxy groups -OCH3 is 1. The minimum atomic E-state index is -0.193. The van der Waals surface area contributed by atoms with Gasteiger partial charge in [0.05, 0.1) is 0 Å². The lowest BCUT2D eigenvalue weighted by atomic mass is 9.98. The van der Waals surface area contributed by atoms with Gasteiger partial charge in [-0.05, 0) is 40.8 Å². The Kier molecular flexibility index (Phi) is 7.66. The highest BCUT2D eigenvalue weighted by atomic mass is 31.1. The smallest absolute Gasteiger partial charge is 0.188 e. The van der Waals surface area contributed by atoms with Crippen molar-refractivity contribution in [3.63, 3.8) is 0 Å². The van der Waals surface area contributed by atoms with Gasteiger partial charge in [0.25, 0.3) is 0 Å². The Labute approximate surface area is 190 Å². The molecule has 4 heteroatoms. The fourth-order valence-corrected chi connectivity index (χ4v) is 5.00. The summed E-state index contributed by atoms with van der Waals surface area (Å²) in [6, 6.07) is 32.0. The van der Waals surface area contributed by atoms with E-state index < -0.39 is 0 Å². The van der Waals surface area contributed by atoms with Crippen molar-refractivity contribution >= 4 is 19.2 Å². The lowest BCUT2D eigenvalue weighted by Crippen LogP contribution is -2.15. The molecule has 4 rings (SSSR count). The Morgan fingerprint density at radius 2 is 1.31 bits per heavy atom. The van der Waals surface area contributed by atoms with E-state index >= 15 is 0 Å². The van der Waals surface area contributed by atoms with Crippen LogP contribution in [0.1, 0.15) is 22.3 Å². The van der Waals surface area contributed by atoms with Gasteiger partial charge in [-0.3, -0.25) is 0 Å². The molecular weight excluding hydrogens is 418 g/mol. The van der Waals surface area contributed by atoms with Crippen molar-refractivity contribution in [3.8, 4) is 5.75 Å². The molecule has 4 aromatic rings. The summed E-state index contributed by atoms with van der Waals surface area (Å²) in [6.45, 7) is 0.147. The normalized spacial score (nSPS) is 11.2. The van der Waals surface area contributed by atoms with Crippen molar-refractivity contribution in [2.75, 3.05) is 13.9 Å². The van der Waals surface area contributed by atoms with E-state index in [0.29, 0.717) is 5.30 Å². The second-order valence-corrected chi connectivity index (χ2v) is 8.94. The monoisotopic (exact) mass is 444 g/mol. The van der Waals surface area contributed by atoms with Gasteiger partial charge in [-0.2, -0.15) is 0 Å². The average Bonchev–Trinajstić information content (AvgIpc) is 2.81. The predicted molar refractivity (Wildman–Crippen MR) is 131 cm³/mol. The fourth-order valence-electron chi connectivity index (χ4n) is 3.72. The minimum Gasteiger partial charge on any atom is -0.467 e. The predicted octanol–water partition coefficient (Wildman–Crippen LogP) is 5.62. The maximum Gasteiger partial charge on any atom is 0.188 e. The lowest BCUT2D eigenvalue weighted by Gasteiger charge is -2.18. The molecule has 32 heavy (non-hydrogen) atoms. The molecular formula is C28H26FO2P. The van der Waals surface area contributed by atoms with Crippen LogP contribution in [-0.2, 0) is 17.6 Å². The molecule has 0 aromatic heterocycles. The second-order valence-electron chi connectivity index (χ2n) is 7.61. The van der Waals surface area contributed by atoms with E-state index in [4.69, 9.17) is 9.47 Å². The van der Waals surface area contributed by atoms with E-state index in [-0.39, 0.29) is 21.2 Å². The van der Waals surface area contributed by atoms with Crippen LogP contribution in [0.3, 0.4) is 0 Å². The van der Waals surface area contributed by atoms with E-state index in [2.05, 4.69) is 48.5 Å². The van der Waals surface area contributed by atoms with Gasteiger partial charge in [0.2, 0.25) is 0 Å². The van der Waals surface area contributed by atoms with Crippen molar-refractivity contribution in [1.82, 2.24) is 0 Å². The zero-order valence-corrected chi connectivity index (χ0v) is 19.1. The Morgan fingerprint density at radius 1 is 0.688 bits per heavy atom. The molecule has 1 unspecified atom stereocenters. The van der Waals surface area contributed by atoms with Gasteiger partial charge in [0.15, 0.2) is 6.79 Å². The third-order valence-electron chi connectivity index (χ3n) is 5.18. The molecule has 0 aliphatic heterocycles. The third-order valence-corrected chi connectivity index (χ3v) is 6.49. The molecule has 0 N–H and O–H groups in total. The van der Waals surface area contributed by atoms with Crippen LogP contribution in [0, 0.1) is 5.82 Å². The summed E-state index contributed by atoms with van der Waals surface area (Å²) in [4.78, 5) is 0. The van der Waals surface area contributed by atoms with Gasteiger partial charge < -0.3 is 9.47 Å². The molecule has 0 saturated carbocycles. The van der Waals surface area contributed by atoms with Gasteiger partial charge >= 0.3 is 0 Å². The Hall–Kier alpha value is -3.00. The molecule has 0 heterocycles. The quantitative estimate of drug-likeness (QED) is 0.246. The van der Waals surface area contributed by atoms with Gasteiger partial charge in [-0.1, -0.05) is 93.5 Å². The molecule has 4 aromatic carbocycles. The largest absolute Gasteiger partial charge is 0.467 e. The molecule has 0 spiro atoms. The number of rotatable bonds is 9. The number of hydrogen-bond acceptors (Lipinski definition) is 2. The van der Waals surface area contributed by atoms with E-state index in [0.717, 1.165) is 29.5 Å². The Balaban J connectivity index is 1.78. The van der Waals surface area contributed by atoms with Gasteiger partial charge in [-0.25, -0.2) is 4.39 Å². The van der Waals surface area contributed by atoms with Crippen molar-refractivity contribution in [1.29, 1.82) is 0 Å². The first kappa shape index (κ1) is 22.2. The van der Waals surface area contributed by atoms with Crippen LogP contribution in [0.25, 0.3) is 0 Å². The average molecular weight is 444 g/mol. The first-order valence-electron chi connectivity index (χ1n) is 10.6. The van der Waals surface area contributed by atoms with Crippen LogP contribution in [-0.4, -0.2) is 13.9 Å².